The fourth-order valence-electron chi connectivity index (χ4n) is 2.13. The van der Waals surface area contributed by atoms with E-state index >= 15 is 0 Å². The molecule has 0 aliphatic heterocycles. The molecule has 0 bridgehead atoms. The molecule has 0 saturated heterocycles. The second-order valence-electron chi connectivity index (χ2n) is 5.45. The molecule has 0 radical (unpaired) electrons. The number of aromatic nitrogens is 1. The molecule has 2 aromatic rings. The topological polar surface area (TPSA) is 81.2 Å². The minimum Gasteiger partial charge on any atom is -0.449 e. The highest BCUT2D eigenvalue weighted by Crippen LogP contribution is 2.21. The normalized spacial score (nSPS) is 13.7. The molecule has 0 aliphatic rings. The van der Waals surface area contributed by atoms with Crippen LogP contribution < -0.4 is 11.1 Å². The highest BCUT2D eigenvalue weighted by Gasteiger charge is 2.27. The Balaban J connectivity index is 2.08. The summed E-state index contributed by atoms with van der Waals surface area (Å²) < 4.78 is 5.19. The standard InChI is InChI=1S/C16H21N3O2/c1-4-9-16(3,17)15(20)19-13-7-5-12(6-8-13)14-10-21-11(2)18-14/h5-8,10H,4,9,17H2,1-3H3,(H,19,20). The minimum atomic E-state index is -0.851. The van der Waals surface area contributed by atoms with E-state index < -0.39 is 5.54 Å². The number of hydrogen-bond donors (Lipinski definition) is 2. The van der Waals surface area contributed by atoms with Crippen LogP contribution in [0.3, 0.4) is 0 Å². The number of hydrogen-bond acceptors (Lipinski definition) is 4. The van der Waals surface area contributed by atoms with Gasteiger partial charge >= 0.3 is 0 Å². The number of carbonyl (C=O) groups is 1. The number of nitrogens with zero attached hydrogens (tertiary/aromatic N) is 1. The van der Waals surface area contributed by atoms with E-state index in [2.05, 4.69) is 10.3 Å². The average Bonchev–Trinajstić information content (AvgIpc) is 2.86. The largest absolute Gasteiger partial charge is 0.449 e. The molecule has 0 fully saturated rings. The van der Waals surface area contributed by atoms with Gasteiger partial charge in [0.2, 0.25) is 5.91 Å². The van der Waals surface area contributed by atoms with Crippen molar-refractivity contribution in [2.24, 2.45) is 5.73 Å². The number of anilines is 1. The zero-order valence-corrected chi connectivity index (χ0v) is 12.6. The van der Waals surface area contributed by atoms with Crippen LogP contribution in [-0.4, -0.2) is 16.4 Å². The van der Waals surface area contributed by atoms with Crippen LogP contribution >= 0.6 is 0 Å². The number of nitrogens with two attached hydrogens (primary N) is 1. The molecule has 1 aromatic carbocycles. The fourth-order valence-corrected chi connectivity index (χ4v) is 2.13. The second-order valence-corrected chi connectivity index (χ2v) is 5.45. The summed E-state index contributed by atoms with van der Waals surface area (Å²) in [5, 5.41) is 2.84. The van der Waals surface area contributed by atoms with Crippen molar-refractivity contribution in [1.82, 2.24) is 4.98 Å². The molecule has 1 atom stereocenters. The third-order valence-electron chi connectivity index (χ3n) is 3.35. The van der Waals surface area contributed by atoms with E-state index in [0.29, 0.717) is 12.3 Å². The van der Waals surface area contributed by atoms with Crippen LogP contribution in [0, 0.1) is 6.92 Å². The third kappa shape index (κ3) is 3.70. The molecular formula is C16H21N3O2. The average molecular weight is 287 g/mol. The van der Waals surface area contributed by atoms with Crippen molar-refractivity contribution in [1.29, 1.82) is 0 Å². The number of amides is 1. The Labute approximate surface area is 124 Å². The van der Waals surface area contributed by atoms with E-state index in [1.807, 2.05) is 31.2 Å². The predicted octanol–water partition coefficient (Wildman–Crippen LogP) is 3.11. The van der Waals surface area contributed by atoms with E-state index in [4.69, 9.17) is 10.2 Å². The Morgan fingerprint density at radius 1 is 1.38 bits per heavy atom. The summed E-state index contributed by atoms with van der Waals surface area (Å²) in [4.78, 5) is 16.4. The Bertz CT molecular complexity index is 615. The van der Waals surface area contributed by atoms with Crippen molar-refractivity contribution in [2.45, 2.75) is 39.2 Å². The first-order valence-electron chi connectivity index (χ1n) is 7.05. The smallest absolute Gasteiger partial charge is 0.244 e. The van der Waals surface area contributed by atoms with Crippen molar-refractivity contribution in [3.05, 3.63) is 36.4 Å². The SMILES string of the molecule is CCCC(C)(N)C(=O)Nc1ccc(-c2coc(C)n2)cc1. The van der Waals surface area contributed by atoms with Gasteiger partial charge in [-0.15, -0.1) is 0 Å². The van der Waals surface area contributed by atoms with Crippen LogP contribution in [0.2, 0.25) is 0 Å². The fraction of sp³-hybridized carbons (Fsp3) is 0.375. The van der Waals surface area contributed by atoms with E-state index in [0.717, 1.165) is 23.4 Å². The van der Waals surface area contributed by atoms with Crippen LogP contribution in [0.4, 0.5) is 5.69 Å². The van der Waals surface area contributed by atoms with E-state index in [-0.39, 0.29) is 5.91 Å². The summed E-state index contributed by atoms with van der Waals surface area (Å²) in [5.74, 6) is 0.454. The Kier molecular flexibility index (Phi) is 4.43. The lowest BCUT2D eigenvalue weighted by Gasteiger charge is -2.22. The third-order valence-corrected chi connectivity index (χ3v) is 3.35. The van der Waals surface area contributed by atoms with Gasteiger partial charge in [-0.25, -0.2) is 4.98 Å². The number of oxazole rings is 1. The quantitative estimate of drug-likeness (QED) is 0.885. The maximum absolute atomic E-state index is 12.1. The number of rotatable bonds is 5. The molecule has 0 aliphatic carbocycles. The van der Waals surface area contributed by atoms with Gasteiger partial charge in [-0.05, 0) is 25.5 Å². The summed E-state index contributed by atoms with van der Waals surface area (Å²) in [5.41, 5.74) is 7.59. The van der Waals surface area contributed by atoms with Gasteiger partial charge in [0.05, 0.1) is 5.54 Å². The monoisotopic (exact) mass is 287 g/mol. The van der Waals surface area contributed by atoms with E-state index in [1.54, 1.807) is 20.1 Å². The van der Waals surface area contributed by atoms with Gasteiger partial charge in [0, 0.05) is 18.2 Å². The van der Waals surface area contributed by atoms with Crippen molar-refractivity contribution < 1.29 is 9.21 Å². The molecule has 0 saturated carbocycles. The molecule has 1 aromatic heterocycles. The van der Waals surface area contributed by atoms with Gasteiger partial charge in [-0.2, -0.15) is 0 Å². The van der Waals surface area contributed by atoms with Crippen LogP contribution in [0.1, 0.15) is 32.6 Å². The van der Waals surface area contributed by atoms with Crippen molar-refractivity contribution >= 4 is 11.6 Å². The van der Waals surface area contributed by atoms with Gasteiger partial charge in [-0.1, -0.05) is 25.5 Å². The van der Waals surface area contributed by atoms with Gasteiger partial charge < -0.3 is 15.5 Å². The van der Waals surface area contributed by atoms with Crippen LogP contribution in [0.15, 0.2) is 34.9 Å². The van der Waals surface area contributed by atoms with Gasteiger partial charge in [0.1, 0.15) is 12.0 Å². The number of aryl methyl sites for hydroxylation is 1. The maximum atomic E-state index is 12.1. The van der Waals surface area contributed by atoms with Gasteiger partial charge in [-0.3, -0.25) is 4.79 Å². The zero-order valence-electron chi connectivity index (χ0n) is 12.6. The molecule has 1 heterocycles. The zero-order chi connectivity index (χ0) is 15.5. The summed E-state index contributed by atoms with van der Waals surface area (Å²) in [7, 11) is 0. The molecule has 1 unspecified atom stereocenters. The van der Waals surface area contributed by atoms with Crippen LogP contribution in [0.25, 0.3) is 11.3 Å². The predicted molar refractivity (Wildman–Crippen MR) is 82.8 cm³/mol. The molecule has 112 valence electrons. The van der Waals surface area contributed by atoms with Crippen molar-refractivity contribution in [3.8, 4) is 11.3 Å². The van der Waals surface area contributed by atoms with Gasteiger partial charge in [0.15, 0.2) is 5.89 Å². The van der Waals surface area contributed by atoms with Crippen molar-refractivity contribution in [2.75, 3.05) is 5.32 Å². The molecule has 0 spiro atoms. The number of carbonyl (C=O) groups excluding carboxylic acids is 1. The minimum absolute atomic E-state index is 0.172. The first kappa shape index (κ1) is 15.3. The van der Waals surface area contributed by atoms with Crippen LogP contribution in [0.5, 0.6) is 0 Å². The van der Waals surface area contributed by atoms with E-state index in [1.165, 1.54) is 0 Å². The lowest BCUT2D eigenvalue weighted by Crippen LogP contribution is -2.48. The Hall–Kier alpha value is -2.14. The van der Waals surface area contributed by atoms with Gasteiger partial charge in [0.25, 0.3) is 0 Å². The Morgan fingerprint density at radius 3 is 2.57 bits per heavy atom. The van der Waals surface area contributed by atoms with E-state index in [9.17, 15) is 4.79 Å². The maximum Gasteiger partial charge on any atom is 0.244 e. The van der Waals surface area contributed by atoms with Crippen LogP contribution in [-0.2, 0) is 4.79 Å². The summed E-state index contributed by atoms with van der Waals surface area (Å²) >= 11 is 0. The summed E-state index contributed by atoms with van der Waals surface area (Å²) in [6.07, 6.45) is 3.13. The number of benzene rings is 1. The van der Waals surface area contributed by atoms with Crippen molar-refractivity contribution in [3.63, 3.8) is 0 Å². The highest BCUT2D eigenvalue weighted by atomic mass is 16.3. The molecule has 5 heteroatoms. The molecule has 2 rings (SSSR count). The molecule has 21 heavy (non-hydrogen) atoms. The highest BCUT2D eigenvalue weighted by molar-refractivity contribution is 5.97. The summed E-state index contributed by atoms with van der Waals surface area (Å²) in [6.45, 7) is 5.55. The lowest BCUT2D eigenvalue weighted by atomic mass is 9.96. The second kappa shape index (κ2) is 6.10. The molecular weight excluding hydrogens is 266 g/mol. The molecule has 5 nitrogen and oxygen atoms in total. The first-order valence-corrected chi connectivity index (χ1v) is 7.05. The molecule has 3 N–H and O–H groups in total. The summed E-state index contributed by atoms with van der Waals surface area (Å²) in [6, 6.07) is 7.44. The molecule has 1 amide bonds. The number of nitrogens with one attached hydrogen (secondary N) is 1. The Morgan fingerprint density at radius 2 is 2.05 bits per heavy atom. The first-order chi connectivity index (χ1) is 9.92. The lowest BCUT2D eigenvalue weighted by molar-refractivity contribution is -0.120.